The number of likely N-dealkylation sites (tertiary alicyclic amines) is 1. The van der Waals surface area contributed by atoms with E-state index in [1.54, 1.807) is 12.3 Å². The number of furan rings is 2. The van der Waals surface area contributed by atoms with Gasteiger partial charge in [0.2, 0.25) is 0 Å². The van der Waals surface area contributed by atoms with Crippen molar-refractivity contribution in [2.24, 2.45) is 0 Å². The molecule has 5 heteroatoms. The van der Waals surface area contributed by atoms with Crippen molar-refractivity contribution >= 4 is 5.91 Å². The van der Waals surface area contributed by atoms with Gasteiger partial charge in [0.05, 0.1) is 17.9 Å². The first-order valence-electron chi connectivity index (χ1n) is 7.78. The van der Waals surface area contributed by atoms with Crippen molar-refractivity contribution < 1.29 is 13.6 Å². The molecule has 0 radical (unpaired) electrons. The molecule has 2 aromatic rings. The van der Waals surface area contributed by atoms with Crippen LogP contribution in [0.1, 0.15) is 46.5 Å². The van der Waals surface area contributed by atoms with Crippen LogP contribution in [0, 0.1) is 13.8 Å². The molecule has 0 bridgehead atoms. The van der Waals surface area contributed by atoms with Gasteiger partial charge in [-0.2, -0.15) is 0 Å². The zero-order valence-corrected chi connectivity index (χ0v) is 13.1. The molecule has 22 heavy (non-hydrogen) atoms. The summed E-state index contributed by atoms with van der Waals surface area (Å²) >= 11 is 0. The monoisotopic (exact) mass is 302 g/mol. The Hall–Kier alpha value is -2.01. The first-order chi connectivity index (χ1) is 10.6. The van der Waals surface area contributed by atoms with Gasteiger partial charge in [0, 0.05) is 6.54 Å². The molecule has 3 rings (SSSR count). The molecule has 1 amide bonds. The molecule has 1 fully saturated rings. The SMILES string of the molecule is Cc1cc(C(=O)NC[C@H](c2ccco2)N2CCCC2)c(C)o1. The third-order valence-corrected chi connectivity index (χ3v) is 4.19. The summed E-state index contributed by atoms with van der Waals surface area (Å²) in [7, 11) is 0. The lowest BCUT2D eigenvalue weighted by atomic mass is 10.1. The Bertz CT molecular complexity index is 624. The van der Waals surface area contributed by atoms with E-state index in [0.29, 0.717) is 17.9 Å². The fourth-order valence-electron chi connectivity index (χ4n) is 3.08. The summed E-state index contributed by atoms with van der Waals surface area (Å²) in [6, 6.07) is 5.74. The summed E-state index contributed by atoms with van der Waals surface area (Å²) in [5, 5.41) is 3.02. The van der Waals surface area contributed by atoms with E-state index in [1.807, 2.05) is 26.0 Å². The fourth-order valence-corrected chi connectivity index (χ4v) is 3.08. The first kappa shape index (κ1) is 14.9. The van der Waals surface area contributed by atoms with E-state index in [1.165, 1.54) is 12.8 Å². The van der Waals surface area contributed by atoms with E-state index in [9.17, 15) is 4.79 Å². The normalized spacial score (nSPS) is 16.8. The molecule has 0 saturated carbocycles. The molecule has 1 aliphatic rings. The smallest absolute Gasteiger partial charge is 0.254 e. The van der Waals surface area contributed by atoms with Gasteiger partial charge in [0.15, 0.2) is 0 Å². The minimum Gasteiger partial charge on any atom is -0.468 e. The minimum absolute atomic E-state index is 0.0924. The number of aryl methyl sites for hydroxylation is 2. The van der Waals surface area contributed by atoms with E-state index >= 15 is 0 Å². The average Bonchev–Trinajstić information content (AvgIpc) is 3.21. The van der Waals surface area contributed by atoms with Crippen LogP contribution in [0.2, 0.25) is 0 Å². The number of amides is 1. The third kappa shape index (κ3) is 3.09. The molecule has 3 heterocycles. The number of rotatable bonds is 5. The molecule has 0 unspecified atom stereocenters. The molecule has 2 aromatic heterocycles. The average molecular weight is 302 g/mol. The predicted molar refractivity (Wildman–Crippen MR) is 82.8 cm³/mol. The van der Waals surface area contributed by atoms with Gasteiger partial charge in [-0.3, -0.25) is 9.69 Å². The highest BCUT2D eigenvalue weighted by atomic mass is 16.3. The second kappa shape index (κ2) is 6.40. The minimum atomic E-state index is -0.0925. The fraction of sp³-hybridized carbons (Fsp3) is 0.471. The van der Waals surface area contributed by atoms with Gasteiger partial charge in [-0.1, -0.05) is 0 Å². The van der Waals surface area contributed by atoms with Crippen LogP contribution in [-0.2, 0) is 0 Å². The predicted octanol–water partition coefficient (Wildman–Crippen LogP) is 3.06. The molecule has 5 nitrogen and oxygen atoms in total. The van der Waals surface area contributed by atoms with Crippen molar-refractivity contribution in [3.8, 4) is 0 Å². The summed E-state index contributed by atoms with van der Waals surface area (Å²) in [5.74, 6) is 2.22. The maximum Gasteiger partial charge on any atom is 0.254 e. The van der Waals surface area contributed by atoms with E-state index < -0.39 is 0 Å². The van der Waals surface area contributed by atoms with Crippen LogP contribution in [0.15, 0.2) is 33.3 Å². The number of hydrogen-bond donors (Lipinski definition) is 1. The van der Waals surface area contributed by atoms with Crippen LogP contribution in [-0.4, -0.2) is 30.4 Å². The quantitative estimate of drug-likeness (QED) is 0.922. The van der Waals surface area contributed by atoms with Gasteiger partial charge >= 0.3 is 0 Å². The lowest BCUT2D eigenvalue weighted by Gasteiger charge is -2.25. The zero-order chi connectivity index (χ0) is 15.5. The highest BCUT2D eigenvalue weighted by Crippen LogP contribution is 2.25. The lowest BCUT2D eigenvalue weighted by Crippen LogP contribution is -2.36. The largest absolute Gasteiger partial charge is 0.468 e. The Morgan fingerprint density at radius 2 is 2.14 bits per heavy atom. The molecule has 0 aromatic carbocycles. The van der Waals surface area contributed by atoms with E-state index in [0.717, 1.165) is 24.6 Å². The Morgan fingerprint density at radius 3 is 2.73 bits per heavy atom. The molecule has 0 spiro atoms. The van der Waals surface area contributed by atoms with Crippen molar-refractivity contribution in [3.05, 3.63) is 47.3 Å². The molecule has 1 atom stereocenters. The maximum absolute atomic E-state index is 12.3. The van der Waals surface area contributed by atoms with Crippen molar-refractivity contribution in [3.63, 3.8) is 0 Å². The van der Waals surface area contributed by atoms with Crippen LogP contribution in [0.4, 0.5) is 0 Å². The second-order valence-corrected chi connectivity index (χ2v) is 5.81. The summed E-state index contributed by atoms with van der Waals surface area (Å²) in [5.41, 5.74) is 0.608. The van der Waals surface area contributed by atoms with E-state index in [2.05, 4.69) is 10.2 Å². The molecule has 1 aliphatic heterocycles. The van der Waals surface area contributed by atoms with Gasteiger partial charge in [0.25, 0.3) is 5.91 Å². The molecule has 118 valence electrons. The Balaban J connectivity index is 1.68. The van der Waals surface area contributed by atoms with Crippen molar-refractivity contribution in [2.75, 3.05) is 19.6 Å². The molecule has 1 N–H and O–H groups in total. The number of carbonyl (C=O) groups excluding carboxylic acids is 1. The number of nitrogens with zero attached hydrogens (tertiary/aromatic N) is 1. The van der Waals surface area contributed by atoms with Gasteiger partial charge < -0.3 is 14.2 Å². The second-order valence-electron chi connectivity index (χ2n) is 5.81. The van der Waals surface area contributed by atoms with Gasteiger partial charge in [-0.25, -0.2) is 0 Å². The maximum atomic E-state index is 12.3. The van der Waals surface area contributed by atoms with E-state index in [4.69, 9.17) is 8.83 Å². The highest BCUT2D eigenvalue weighted by Gasteiger charge is 2.26. The van der Waals surface area contributed by atoms with Gasteiger partial charge in [-0.15, -0.1) is 0 Å². The van der Waals surface area contributed by atoms with Crippen LogP contribution in [0.25, 0.3) is 0 Å². The molecule has 0 aliphatic carbocycles. The summed E-state index contributed by atoms with van der Waals surface area (Å²) in [4.78, 5) is 14.7. The van der Waals surface area contributed by atoms with Crippen LogP contribution in [0.5, 0.6) is 0 Å². The van der Waals surface area contributed by atoms with Crippen molar-refractivity contribution in [1.29, 1.82) is 0 Å². The highest BCUT2D eigenvalue weighted by molar-refractivity contribution is 5.95. The van der Waals surface area contributed by atoms with Crippen LogP contribution in [0.3, 0.4) is 0 Å². The Labute approximate surface area is 130 Å². The van der Waals surface area contributed by atoms with Crippen LogP contribution < -0.4 is 5.32 Å². The first-order valence-corrected chi connectivity index (χ1v) is 7.78. The van der Waals surface area contributed by atoms with Crippen LogP contribution >= 0.6 is 0 Å². The molecular weight excluding hydrogens is 280 g/mol. The van der Waals surface area contributed by atoms with Crippen molar-refractivity contribution in [2.45, 2.75) is 32.7 Å². The number of nitrogens with one attached hydrogen (secondary N) is 1. The Morgan fingerprint density at radius 1 is 1.36 bits per heavy atom. The summed E-state index contributed by atoms with van der Waals surface area (Å²) in [6.07, 6.45) is 4.08. The molecular formula is C17H22N2O3. The topological polar surface area (TPSA) is 58.6 Å². The lowest BCUT2D eigenvalue weighted by molar-refractivity contribution is 0.0932. The standard InChI is InChI=1S/C17H22N2O3/c1-12-10-14(13(2)22-12)17(20)18-11-15(16-6-5-9-21-16)19-7-3-4-8-19/h5-6,9-10,15H,3-4,7-8,11H2,1-2H3,(H,18,20)/t15-/m1/s1. The molecule has 1 saturated heterocycles. The van der Waals surface area contributed by atoms with Gasteiger partial charge in [0.1, 0.15) is 17.3 Å². The van der Waals surface area contributed by atoms with E-state index in [-0.39, 0.29) is 11.9 Å². The third-order valence-electron chi connectivity index (χ3n) is 4.19. The summed E-state index contributed by atoms with van der Waals surface area (Å²) in [6.45, 7) is 6.29. The summed E-state index contributed by atoms with van der Waals surface area (Å²) < 4.78 is 11.0. The zero-order valence-electron chi connectivity index (χ0n) is 13.1. The Kier molecular flexibility index (Phi) is 4.34. The van der Waals surface area contributed by atoms with Crippen molar-refractivity contribution in [1.82, 2.24) is 10.2 Å². The van der Waals surface area contributed by atoms with Gasteiger partial charge in [-0.05, 0) is 58.0 Å². The number of carbonyl (C=O) groups is 1. The number of hydrogen-bond acceptors (Lipinski definition) is 4.